The molecule has 0 saturated heterocycles. The van der Waals surface area contributed by atoms with Gasteiger partial charge in [0.1, 0.15) is 0 Å². The predicted molar refractivity (Wildman–Crippen MR) is 218 cm³/mol. The lowest BCUT2D eigenvalue weighted by atomic mass is 10.1. The number of allylic oxidation sites excluding steroid dienone is 5. The van der Waals surface area contributed by atoms with Crippen molar-refractivity contribution in [1.82, 2.24) is 5.32 Å². The number of aliphatic hydroxyl groups is 2. The van der Waals surface area contributed by atoms with Gasteiger partial charge in [-0.05, 0) is 77.0 Å². The first kappa shape index (κ1) is 49.1. The summed E-state index contributed by atoms with van der Waals surface area (Å²) in [7, 11) is 0. The Labute approximate surface area is 315 Å². The minimum Gasteiger partial charge on any atom is -0.466 e. The molecule has 0 aliphatic carbocycles. The molecule has 2 unspecified atom stereocenters. The molecule has 0 aliphatic heterocycles. The highest BCUT2D eigenvalue weighted by molar-refractivity contribution is 5.76. The quantitative estimate of drug-likeness (QED) is 0.0334. The van der Waals surface area contributed by atoms with E-state index in [1.807, 2.05) is 6.08 Å². The van der Waals surface area contributed by atoms with Gasteiger partial charge in [0, 0.05) is 12.8 Å². The van der Waals surface area contributed by atoms with Crippen LogP contribution in [-0.2, 0) is 14.3 Å². The van der Waals surface area contributed by atoms with E-state index in [9.17, 15) is 19.8 Å². The van der Waals surface area contributed by atoms with Gasteiger partial charge >= 0.3 is 5.97 Å². The Kier molecular flexibility index (Phi) is 39.3. The predicted octanol–water partition coefficient (Wildman–Crippen LogP) is 12.2. The van der Waals surface area contributed by atoms with Crippen molar-refractivity contribution in [3.63, 3.8) is 0 Å². The van der Waals surface area contributed by atoms with Crippen molar-refractivity contribution >= 4 is 11.9 Å². The van der Waals surface area contributed by atoms with E-state index in [-0.39, 0.29) is 18.5 Å². The van der Waals surface area contributed by atoms with E-state index in [4.69, 9.17) is 4.74 Å². The maximum Gasteiger partial charge on any atom is 0.305 e. The van der Waals surface area contributed by atoms with Gasteiger partial charge in [0.2, 0.25) is 5.91 Å². The zero-order valence-corrected chi connectivity index (χ0v) is 33.6. The second-order valence-corrected chi connectivity index (χ2v) is 14.7. The van der Waals surface area contributed by atoms with Gasteiger partial charge in [0.25, 0.3) is 0 Å². The van der Waals surface area contributed by atoms with Crippen LogP contribution in [-0.4, -0.2) is 47.4 Å². The van der Waals surface area contributed by atoms with Crippen LogP contribution in [0.5, 0.6) is 0 Å². The van der Waals surface area contributed by atoms with Crippen molar-refractivity contribution in [2.75, 3.05) is 13.2 Å². The summed E-state index contributed by atoms with van der Waals surface area (Å²) < 4.78 is 5.42. The van der Waals surface area contributed by atoms with E-state index >= 15 is 0 Å². The molecule has 0 heterocycles. The van der Waals surface area contributed by atoms with Crippen LogP contribution < -0.4 is 5.32 Å². The lowest BCUT2D eigenvalue weighted by molar-refractivity contribution is -0.143. The molecule has 0 aliphatic rings. The molecule has 298 valence electrons. The van der Waals surface area contributed by atoms with E-state index in [0.717, 1.165) is 70.6 Å². The zero-order chi connectivity index (χ0) is 37.3. The summed E-state index contributed by atoms with van der Waals surface area (Å²) in [5.41, 5.74) is 0. The molecule has 6 nitrogen and oxygen atoms in total. The summed E-state index contributed by atoms with van der Waals surface area (Å²) in [6, 6.07) is -0.664. The molecule has 0 saturated carbocycles. The van der Waals surface area contributed by atoms with Gasteiger partial charge < -0.3 is 20.3 Å². The molecule has 0 rings (SSSR count). The molecule has 0 aromatic carbocycles. The second kappa shape index (κ2) is 40.8. The second-order valence-electron chi connectivity index (χ2n) is 14.7. The van der Waals surface area contributed by atoms with Crippen LogP contribution in [0.4, 0.5) is 0 Å². The number of aliphatic hydroxyl groups excluding tert-OH is 2. The molecule has 0 bridgehead atoms. The summed E-state index contributed by atoms with van der Waals surface area (Å²) in [6.07, 6.45) is 47.1. The Balaban J connectivity index is 3.59. The van der Waals surface area contributed by atoms with Crippen molar-refractivity contribution in [2.24, 2.45) is 0 Å². The average Bonchev–Trinajstić information content (AvgIpc) is 3.13. The van der Waals surface area contributed by atoms with Gasteiger partial charge in [-0.25, -0.2) is 0 Å². The first-order chi connectivity index (χ1) is 25.0. The Hall–Kier alpha value is -1.92. The van der Waals surface area contributed by atoms with Gasteiger partial charge in [-0.3, -0.25) is 9.59 Å². The van der Waals surface area contributed by atoms with Gasteiger partial charge in [-0.1, -0.05) is 159 Å². The van der Waals surface area contributed by atoms with E-state index in [1.165, 1.54) is 116 Å². The third-order valence-electron chi connectivity index (χ3n) is 9.63. The number of unbranched alkanes of at least 4 members (excludes halogenated alkanes) is 24. The van der Waals surface area contributed by atoms with Crippen molar-refractivity contribution in [3.05, 3.63) is 36.5 Å². The Morgan fingerprint density at radius 3 is 1.43 bits per heavy atom. The Morgan fingerprint density at radius 1 is 0.529 bits per heavy atom. The van der Waals surface area contributed by atoms with E-state index < -0.39 is 12.1 Å². The molecule has 0 aromatic heterocycles. The average molecular weight is 718 g/mol. The van der Waals surface area contributed by atoms with Crippen molar-refractivity contribution in [2.45, 2.75) is 225 Å². The van der Waals surface area contributed by atoms with Crippen LogP contribution in [0.3, 0.4) is 0 Å². The number of carbonyl (C=O) groups is 2. The van der Waals surface area contributed by atoms with E-state index in [0.29, 0.717) is 19.4 Å². The standard InChI is InChI=1S/C45H83NO5/c1-3-5-7-9-11-13-15-16-17-18-19-23-27-31-35-39-45(50)51-40-36-32-28-24-20-22-26-30-34-38-44(49)46-42(41-47)43(48)37-33-29-25-21-14-12-10-8-6-4-2/h16-17,22,26,33,37,42-43,47-48H,3-15,18-21,23-25,27-32,34-36,38-41H2,1-2H3,(H,46,49)/b17-16-,26-22-,37-33+. The van der Waals surface area contributed by atoms with Crippen LogP contribution in [0.2, 0.25) is 0 Å². The maximum atomic E-state index is 12.3. The third-order valence-corrected chi connectivity index (χ3v) is 9.63. The number of rotatable bonds is 39. The Bertz CT molecular complexity index is 838. The van der Waals surface area contributed by atoms with E-state index in [2.05, 4.69) is 43.5 Å². The van der Waals surface area contributed by atoms with Crippen LogP contribution in [0, 0.1) is 0 Å². The largest absolute Gasteiger partial charge is 0.466 e. The van der Waals surface area contributed by atoms with Crippen LogP contribution in [0.15, 0.2) is 36.5 Å². The molecule has 0 fully saturated rings. The van der Waals surface area contributed by atoms with Crippen LogP contribution in [0.1, 0.15) is 213 Å². The van der Waals surface area contributed by atoms with Crippen molar-refractivity contribution in [1.29, 1.82) is 0 Å². The SMILES string of the molecule is CCCCCCCC/C=C\CCCCCCCC(=O)OCCCCCC/C=C\CCCC(=O)NC(CO)C(O)/C=C/CCCCCCCCCC. The number of hydrogen-bond acceptors (Lipinski definition) is 5. The number of esters is 1. The Morgan fingerprint density at radius 2 is 0.941 bits per heavy atom. The van der Waals surface area contributed by atoms with Gasteiger partial charge in [0.15, 0.2) is 0 Å². The van der Waals surface area contributed by atoms with Gasteiger partial charge in [-0.15, -0.1) is 0 Å². The fourth-order valence-electron chi connectivity index (χ4n) is 6.22. The maximum absolute atomic E-state index is 12.3. The minimum atomic E-state index is -0.873. The smallest absolute Gasteiger partial charge is 0.305 e. The molecule has 0 radical (unpaired) electrons. The molecule has 51 heavy (non-hydrogen) atoms. The van der Waals surface area contributed by atoms with Crippen LogP contribution >= 0.6 is 0 Å². The molecule has 3 N–H and O–H groups in total. The monoisotopic (exact) mass is 718 g/mol. The number of amides is 1. The van der Waals surface area contributed by atoms with Gasteiger partial charge in [-0.2, -0.15) is 0 Å². The summed E-state index contributed by atoms with van der Waals surface area (Å²) in [6.45, 7) is 4.76. The summed E-state index contributed by atoms with van der Waals surface area (Å²) >= 11 is 0. The summed E-state index contributed by atoms with van der Waals surface area (Å²) in [4.78, 5) is 24.3. The molecule has 1 amide bonds. The molecule has 6 heteroatoms. The van der Waals surface area contributed by atoms with E-state index in [1.54, 1.807) is 6.08 Å². The molecular formula is C45H83NO5. The zero-order valence-electron chi connectivity index (χ0n) is 33.6. The molecule has 0 spiro atoms. The topological polar surface area (TPSA) is 95.9 Å². The molecule has 2 atom stereocenters. The highest BCUT2D eigenvalue weighted by atomic mass is 16.5. The highest BCUT2D eigenvalue weighted by Gasteiger charge is 2.17. The van der Waals surface area contributed by atoms with Crippen LogP contribution in [0.25, 0.3) is 0 Å². The number of ether oxygens (including phenoxy) is 1. The lowest BCUT2D eigenvalue weighted by Crippen LogP contribution is -2.45. The highest BCUT2D eigenvalue weighted by Crippen LogP contribution is 2.12. The first-order valence-corrected chi connectivity index (χ1v) is 21.8. The molecule has 0 aromatic rings. The minimum absolute atomic E-state index is 0.0477. The fourth-order valence-corrected chi connectivity index (χ4v) is 6.22. The van der Waals surface area contributed by atoms with Crippen molar-refractivity contribution in [3.8, 4) is 0 Å². The lowest BCUT2D eigenvalue weighted by Gasteiger charge is -2.19. The summed E-state index contributed by atoms with van der Waals surface area (Å²) in [5, 5.41) is 22.8. The number of nitrogens with one attached hydrogen (secondary N) is 1. The fraction of sp³-hybridized carbons (Fsp3) is 0.822. The third kappa shape index (κ3) is 37.6. The summed E-state index contributed by atoms with van der Waals surface area (Å²) in [5.74, 6) is -0.181. The van der Waals surface area contributed by atoms with Crippen molar-refractivity contribution < 1.29 is 24.5 Å². The molecular weight excluding hydrogens is 634 g/mol. The van der Waals surface area contributed by atoms with Gasteiger partial charge in [0.05, 0.1) is 25.4 Å². The first-order valence-electron chi connectivity index (χ1n) is 21.8. The number of carbonyl (C=O) groups excluding carboxylic acids is 2. The number of hydrogen-bond donors (Lipinski definition) is 3. The normalized spacial score (nSPS) is 13.1.